The fraction of sp³-hybridized carbons (Fsp3) is 0.606. The Balaban J connectivity index is 1.86. The van der Waals surface area contributed by atoms with Crippen LogP contribution in [-0.4, -0.2) is 93.6 Å². The smallest absolute Gasteiger partial charge is 0.248 e. The Hall–Kier alpha value is -2.97. The van der Waals surface area contributed by atoms with Crippen molar-refractivity contribution in [3.8, 4) is 0 Å². The van der Waals surface area contributed by atoms with Gasteiger partial charge in [0.2, 0.25) is 17.7 Å². The fourth-order valence-corrected chi connectivity index (χ4v) is 7.74. The van der Waals surface area contributed by atoms with E-state index in [0.717, 1.165) is 18.4 Å². The number of likely N-dealkylation sites (tertiary alicyclic amines) is 1. The highest BCUT2D eigenvalue weighted by Crippen LogP contribution is 2.65. The molecule has 8 atom stereocenters. The molecule has 3 saturated heterocycles. The molecule has 2 bridgehead atoms. The zero-order valence-electron chi connectivity index (χ0n) is 25.3. The molecule has 8 nitrogen and oxygen atoms in total. The van der Waals surface area contributed by atoms with E-state index >= 15 is 0 Å². The Labute approximate surface area is 245 Å². The first kappa shape index (κ1) is 31.0. The van der Waals surface area contributed by atoms with Crippen molar-refractivity contribution in [3.63, 3.8) is 0 Å². The predicted octanol–water partition coefficient (Wildman–Crippen LogP) is 3.45. The van der Waals surface area contributed by atoms with E-state index in [1.54, 1.807) is 33.9 Å². The molecule has 8 heteroatoms. The van der Waals surface area contributed by atoms with Crippen LogP contribution in [0.25, 0.3) is 0 Å². The van der Waals surface area contributed by atoms with Gasteiger partial charge in [0.25, 0.3) is 0 Å². The van der Waals surface area contributed by atoms with Gasteiger partial charge < -0.3 is 24.5 Å². The van der Waals surface area contributed by atoms with E-state index in [1.807, 2.05) is 51.1 Å². The summed E-state index contributed by atoms with van der Waals surface area (Å²) in [6.07, 6.45) is 5.92. The number of aliphatic hydroxyl groups is 1. The minimum absolute atomic E-state index is 0.0597. The van der Waals surface area contributed by atoms with Crippen LogP contribution in [0.2, 0.25) is 0 Å². The summed E-state index contributed by atoms with van der Waals surface area (Å²) in [6.45, 7) is 16.1. The number of nitrogens with zero attached hydrogens (tertiary/aromatic N) is 3. The zero-order chi connectivity index (χ0) is 30.1. The minimum atomic E-state index is -1.17. The van der Waals surface area contributed by atoms with Crippen LogP contribution in [0.4, 0.5) is 0 Å². The van der Waals surface area contributed by atoms with Crippen LogP contribution >= 0.6 is 0 Å². The average Bonchev–Trinajstić information content (AvgIpc) is 3.47. The maximum Gasteiger partial charge on any atom is 0.248 e. The number of aliphatic hydroxyl groups excluding tert-OH is 1. The summed E-state index contributed by atoms with van der Waals surface area (Å²) < 4.78 is 6.90. The second kappa shape index (κ2) is 12.1. The van der Waals surface area contributed by atoms with Crippen LogP contribution in [0.1, 0.15) is 52.5 Å². The van der Waals surface area contributed by atoms with Gasteiger partial charge in [-0.25, -0.2) is 0 Å². The largest absolute Gasteiger partial charge is 0.394 e. The van der Waals surface area contributed by atoms with Crippen LogP contribution in [0.5, 0.6) is 0 Å². The second-order valence-corrected chi connectivity index (χ2v) is 12.4. The molecule has 3 amide bonds. The lowest BCUT2D eigenvalue weighted by Gasteiger charge is -2.41. The summed E-state index contributed by atoms with van der Waals surface area (Å²) in [6, 6.07) is 7.96. The van der Waals surface area contributed by atoms with Gasteiger partial charge in [-0.1, -0.05) is 62.8 Å². The van der Waals surface area contributed by atoms with Crippen molar-refractivity contribution in [1.82, 2.24) is 14.7 Å². The van der Waals surface area contributed by atoms with Gasteiger partial charge in [-0.15, -0.1) is 13.2 Å². The summed E-state index contributed by atoms with van der Waals surface area (Å²) in [5.74, 6) is -2.32. The Kier molecular flexibility index (Phi) is 9.14. The highest BCUT2D eigenvalue weighted by molar-refractivity contribution is 5.99. The summed E-state index contributed by atoms with van der Waals surface area (Å²) >= 11 is 0. The molecule has 1 N–H and O–H groups in total. The highest BCUT2D eigenvalue weighted by atomic mass is 16.5. The summed E-state index contributed by atoms with van der Waals surface area (Å²) in [5.41, 5.74) is -1.12. The molecule has 4 rings (SSSR count). The maximum absolute atomic E-state index is 14.7. The standard InChI is InChI=1S/C33H47N3O5/c1-8-14-23(5)35(18-10-3)31(40)28-33-20-22(4)32(6,41-33)26(29(38)34(7)17-9-2)27(33)30(39)36(28)25(21-37)19-24-15-12-11-13-16-24/h9-13,15-16,22-23,25-28,37H,2-3,8,14,17-21H2,1,4-7H3/t22?,23?,25-,26-,27+,28?,32+,33?/m1/s1. The van der Waals surface area contributed by atoms with Crippen LogP contribution in [0.15, 0.2) is 55.6 Å². The monoisotopic (exact) mass is 565 g/mol. The molecule has 1 spiro atoms. The number of hydrogen-bond donors (Lipinski definition) is 1. The van der Waals surface area contributed by atoms with Gasteiger partial charge in [-0.2, -0.15) is 0 Å². The van der Waals surface area contributed by atoms with Crippen LogP contribution in [0, 0.1) is 17.8 Å². The van der Waals surface area contributed by atoms with Crippen molar-refractivity contribution in [2.24, 2.45) is 17.8 Å². The molecule has 3 fully saturated rings. The Morgan fingerprint density at radius 3 is 2.44 bits per heavy atom. The van der Waals surface area contributed by atoms with Gasteiger partial charge >= 0.3 is 0 Å². The number of hydrogen-bond acceptors (Lipinski definition) is 5. The van der Waals surface area contributed by atoms with Crippen molar-refractivity contribution in [2.45, 2.75) is 82.7 Å². The number of likely N-dealkylation sites (N-methyl/N-ethyl adjacent to an activating group) is 1. The van der Waals surface area contributed by atoms with Crippen LogP contribution in [0.3, 0.4) is 0 Å². The molecule has 0 radical (unpaired) electrons. The first-order valence-corrected chi connectivity index (χ1v) is 15.0. The topological polar surface area (TPSA) is 90.4 Å². The van der Waals surface area contributed by atoms with E-state index in [9.17, 15) is 19.5 Å². The van der Waals surface area contributed by atoms with E-state index in [4.69, 9.17) is 4.74 Å². The SMILES string of the molecule is C=CCN(C)C(=O)[C@H]1[C@H]2C(=O)N([C@@H](CO)Cc3ccccc3)C(C(=O)N(CC=C)C(C)CCC)C23CC(C)[C@]1(C)O3. The molecule has 0 aromatic heterocycles. The normalized spacial score (nSPS) is 31.5. The van der Waals surface area contributed by atoms with E-state index in [2.05, 4.69) is 20.1 Å². The maximum atomic E-state index is 14.7. The van der Waals surface area contributed by atoms with Gasteiger partial charge in [0, 0.05) is 26.2 Å². The Morgan fingerprint density at radius 1 is 1.20 bits per heavy atom. The Morgan fingerprint density at radius 2 is 1.85 bits per heavy atom. The van der Waals surface area contributed by atoms with Crippen LogP contribution in [-0.2, 0) is 25.5 Å². The number of fused-ring (bicyclic) bond motifs is 1. The number of carbonyl (C=O) groups excluding carboxylic acids is 3. The van der Waals surface area contributed by atoms with Gasteiger partial charge in [0.05, 0.1) is 30.1 Å². The molecule has 41 heavy (non-hydrogen) atoms. The number of ether oxygens (including phenoxy) is 1. The van der Waals surface area contributed by atoms with Gasteiger partial charge in [-0.05, 0) is 44.6 Å². The van der Waals surface area contributed by atoms with Crippen molar-refractivity contribution in [3.05, 3.63) is 61.2 Å². The van der Waals surface area contributed by atoms with Gasteiger partial charge in [0.1, 0.15) is 11.6 Å². The van der Waals surface area contributed by atoms with Crippen LogP contribution < -0.4 is 0 Å². The number of benzene rings is 1. The number of rotatable bonds is 13. The molecule has 0 saturated carbocycles. The third kappa shape index (κ3) is 5.03. The lowest BCUT2D eigenvalue weighted by atomic mass is 9.62. The molecule has 4 unspecified atom stereocenters. The van der Waals surface area contributed by atoms with Crippen molar-refractivity contribution >= 4 is 17.7 Å². The first-order chi connectivity index (χ1) is 19.5. The third-order valence-corrected chi connectivity index (χ3v) is 9.80. The fourth-order valence-electron chi connectivity index (χ4n) is 7.74. The van der Waals surface area contributed by atoms with E-state index in [-0.39, 0.29) is 36.3 Å². The quantitative estimate of drug-likeness (QED) is 0.370. The molecular weight excluding hydrogens is 518 g/mol. The molecule has 3 heterocycles. The highest BCUT2D eigenvalue weighted by Gasteiger charge is 2.80. The van der Waals surface area contributed by atoms with Crippen molar-refractivity contribution in [1.29, 1.82) is 0 Å². The lowest BCUT2D eigenvalue weighted by molar-refractivity contribution is -0.158. The summed E-state index contributed by atoms with van der Waals surface area (Å²) in [5, 5.41) is 10.7. The minimum Gasteiger partial charge on any atom is -0.394 e. The molecular formula is C33H47N3O5. The molecule has 1 aromatic rings. The number of carbonyl (C=O) groups is 3. The van der Waals surface area contributed by atoms with Gasteiger partial charge in [0.15, 0.2) is 0 Å². The van der Waals surface area contributed by atoms with E-state index in [0.29, 0.717) is 25.9 Å². The molecule has 1 aromatic carbocycles. The number of amides is 3. The predicted molar refractivity (Wildman–Crippen MR) is 159 cm³/mol. The van der Waals surface area contributed by atoms with E-state index < -0.39 is 35.1 Å². The van der Waals surface area contributed by atoms with E-state index in [1.165, 1.54) is 0 Å². The zero-order valence-corrected chi connectivity index (χ0v) is 25.3. The summed E-state index contributed by atoms with van der Waals surface area (Å²) in [7, 11) is 1.71. The molecule has 3 aliphatic heterocycles. The van der Waals surface area contributed by atoms with Gasteiger partial charge in [-0.3, -0.25) is 14.4 Å². The first-order valence-electron chi connectivity index (χ1n) is 15.0. The lowest BCUT2D eigenvalue weighted by Crippen LogP contribution is -2.60. The second-order valence-electron chi connectivity index (χ2n) is 12.4. The third-order valence-electron chi connectivity index (χ3n) is 9.80. The van der Waals surface area contributed by atoms with Crippen molar-refractivity contribution < 1.29 is 24.2 Å². The molecule has 0 aliphatic carbocycles. The molecule has 224 valence electrons. The average molecular weight is 566 g/mol. The Bertz CT molecular complexity index is 1160. The summed E-state index contributed by atoms with van der Waals surface area (Å²) in [4.78, 5) is 48.3. The van der Waals surface area contributed by atoms with Crippen molar-refractivity contribution in [2.75, 3.05) is 26.7 Å². The molecule has 3 aliphatic rings.